The molecule has 6 nitrogen and oxygen atoms in total. The number of rotatable bonds is 7. The molecule has 0 aliphatic carbocycles. The van der Waals surface area contributed by atoms with Crippen molar-refractivity contribution in [2.75, 3.05) is 29.9 Å². The monoisotopic (exact) mass is 354 g/mol. The fourth-order valence-corrected chi connectivity index (χ4v) is 3.08. The van der Waals surface area contributed by atoms with Crippen molar-refractivity contribution in [1.82, 2.24) is 9.97 Å². The van der Waals surface area contributed by atoms with Crippen LogP contribution in [0.2, 0.25) is 0 Å². The van der Waals surface area contributed by atoms with Crippen LogP contribution >= 0.6 is 0 Å². The predicted octanol–water partition coefficient (Wildman–Crippen LogP) is 3.51. The van der Waals surface area contributed by atoms with Gasteiger partial charge in [0.2, 0.25) is 11.9 Å². The minimum Gasteiger partial charge on any atom is -0.491 e. The Hall–Kier alpha value is -2.63. The van der Waals surface area contributed by atoms with Gasteiger partial charge in [-0.25, -0.2) is 9.97 Å². The quantitative estimate of drug-likeness (QED) is 0.771. The zero-order chi connectivity index (χ0) is 18.2. The van der Waals surface area contributed by atoms with Crippen molar-refractivity contribution >= 4 is 17.5 Å². The van der Waals surface area contributed by atoms with Gasteiger partial charge in [-0.15, -0.1) is 0 Å². The van der Waals surface area contributed by atoms with Gasteiger partial charge in [-0.1, -0.05) is 25.5 Å². The van der Waals surface area contributed by atoms with Crippen LogP contribution in [-0.4, -0.2) is 35.6 Å². The van der Waals surface area contributed by atoms with Crippen molar-refractivity contribution in [3.05, 3.63) is 42.7 Å². The Bertz CT molecular complexity index is 708. The number of anilines is 2. The van der Waals surface area contributed by atoms with Crippen LogP contribution < -0.4 is 15.0 Å². The number of para-hydroxylation sites is 2. The summed E-state index contributed by atoms with van der Waals surface area (Å²) in [6.45, 7) is 4.30. The van der Waals surface area contributed by atoms with Gasteiger partial charge in [0.15, 0.2) is 0 Å². The Morgan fingerprint density at radius 1 is 1.27 bits per heavy atom. The van der Waals surface area contributed by atoms with Gasteiger partial charge in [0.1, 0.15) is 5.75 Å². The molecule has 1 aliphatic rings. The third kappa shape index (κ3) is 4.71. The maximum absolute atomic E-state index is 12.8. The van der Waals surface area contributed by atoms with Gasteiger partial charge in [0, 0.05) is 25.5 Å². The van der Waals surface area contributed by atoms with Crippen LogP contribution in [0.5, 0.6) is 5.75 Å². The molecule has 0 radical (unpaired) electrons. The Balaban J connectivity index is 1.63. The topological polar surface area (TPSA) is 67.3 Å². The van der Waals surface area contributed by atoms with E-state index >= 15 is 0 Å². The number of carbonyl (C=O) groups is 1. The summed E-state index contributed by atoms with van der Waals surface area (Å²) >= 11 is 0. The third-order valence-electron chi connectivity index (χ3n) is 4.53. The smallest absolute Gasteiger partial charge is 0.229 e. The van der Waals surface area contributed by atoms with Crippen molar-refractivity contribution in [3.63, 3.8) is 0 Å². The maximum atomic E-state index is 12.8. The molecule has 6 heteroatoms. The van der Waals surface area contributed by atoms with Crippen LogP contribution in [0.4, 0.5) is 11.6 Å². The largest absolute Gasteiger partial charge is 0.491 e. The van der Waals surface area contributed by atoms with Crippen LogP contribution in [-0.2, 0) is 4.79 Å². The fourth-order valence-electron chi connectivity index (χ4n) is 3.08. The number of unbranched alkanes of at least 4 members (excludes halogenated alkanes) is 1. The first kappa shape index (κ1) is 18.2. The van der Waals surface area contributed by atoms with Gasteiger partial charge in [-0.3, -0.25) is 4.79 Å². The van der Waals surface area contributed by atoms with Gasteiger partial charge >= 0.3 is 0 Å². The molecule has 0 bridgehead atoms. The molecule has 1 aromatic heterocycles. The molecule has 1 saturated heterocycles. The molecule has 1 amide bonds. The lowest BCUT2D eigenvalue weighted by Gasteiger charge is -2.32. The summed E-state index contributed by atoms with van der Waals surface area (Å²) in [5.74, 6) is 1.36. The lowest BCUT2D eigenvalue weighted by atomic mass is 9.97. The molecule has 2 heterocycles. The molecule has 26 heavy (non-hydrogen) atoms. The van der Waals surface area contributed by atoms with Crippen LogP contribution in [0.25, 0.3) is 0 Å². The second kappa shape index (κ2) is 9.17. The van der Waals surface area contributed by atoms with E-state index in [-0.39, 0.29) is 11.8 Å². The first-order valence-corrected chi connectivity index (χ1v) is 9.32. The molecule has 2 aromatic rings. The van der Waals surface area contributed by atoms with Crippen molar-refractivity contribution in [1.29, 1.82) is 0 Å². The van der Waals surface area contributed by atoms with Crippen LogP contribution in [0.3, 0.4) is 0 Å². The van der Waals surface area contributed by atoms with Crippen molar-refractivity contribution in [3.8, 4) is 5.75 Å². The van der Waals surface area contributed by atoms with Crippen LogP contribution in [0.15, 0.2) is 42.7 Å². The van der Waals surface area contributed by atoms with E-state index in [2.05, 4.69) is 27.1 Å². The number of piperidine rings is 1. The molecule has 1 fully saturated rings. The van der Waals surface area contributed by atoms with Gasteiger partial charge in [0.05, 0.1) is 18.2 Å². The highest BCUT2D eigenvalue weighted by Crippen LogP contribution is 2.26. The zero-order valence-corrected chi connectivity index (χ0v) is 15.2. The van der Waals surface area contributed by atoms with Gasteiger partial charge < -0.3 is 15.0 Å². The SMILES string of the molecule is CCCCOc1ccccc1NC(=O)C1CCCN(c2ncccn2)C1. The van der Waals surface area contributed by atoms with E-state index in [9.17, 15) is 4.79 Å². The Labute approximate surface area is 154 Å². The first-order valence-electron chi connectivity index (χ1n) is 9.32. The molecule has 1 atom stereocenters. The second-order valence-corrected chi connectivity index (χ2v) is 6.52. The van der Waals surface area contributed by atoms with E-state index in [0.717, 1.165) is 43.7 Å². The average Bonchev–Trinajstić information content (AvgIpc) is 2.70. The minimum atomic E-state index is -0.0868. The predicted molar refractivity (Wildman–Crippen MR) is 102 cm³/mol. The summed E-state index contributed by atoms with van der Waals surface area (Å²) in [6.07, 6.45) is 7.36. The van der Waals surface area contributed by atoms with Gasteiger partial charge in [-0.2, -0.15) is 0 Å². The van der Waals surface area contributed by atoms with Crippen molar-refractivity contribution < 1.29 is 9.53 Å². The van der Waals surface area contributed by atoms with E-state index in [1.807, 2.05) is 24.3 Å². The van der Waals surface area contributed by atoms with Crippen LogP contribution in [0, 0.1) is 5.92 Å². The zero-order valence-electron chi connectivity index (χ0n) is 15.2. The maximum Gasteiger partial charge on any atom is 0.229 e. The number of benzene rings is 1. The van der Waals surface area contributed by atoms with Gasteiger partial charge in [-0.05, 0) is 37.5 Å². The first-order chi connectivity index (χ1) is 12.8. The highest BCUT2D eigenvalue weighted by atomic mass is 16.5. The highest BCUT2D eigenvalue weighted by molar-refractivity contribution is 5.94. The number of ether oxygens (including phenoxy) is 1. The van der Waals surface area contributed by atoms with E-state index in [1.165, 1.54) is 0 Å². The Kier molecular flexibility index (Phi) is 6.41. The molecular weight excluding hydrogens is 328 g/mol. The van der Waals surface area contributed by atoms with Crippen molar-refractivity contribution in [2.45, 2.75) is 32.6 Å². The molecule has 1 aromatic carbocycles. The molecule has 3 rings (SSSR count). The normalized spacial score (nSPS) is 17.0. The number of amides is 1. The third-order valence-corrected chi connectivity index (χ3v) is 4.53. The molecule has 1 aliphatic heterocycles. The number of nitrogens with zero attached hydrogens (tertiary/aromatic N) is 3. The average molecular weight is 354 g/mol. The highest BCUT2D eigenvalue weighted by Gasteiger charge is 2.27. The fraction of sp³-hybridized carbons (Fsp3) is 0.450. The number of carbonyl (C=O) groups excluding carboxylic acids is 1. The summed E-state index contributed by atoms with van der Waals surface area (Å²) in [6, 6.07) is 9.42. The minimum absolute atomic E-state index is 0.0252. The molecule has 0 saturated carbocycles. The Morgan fingerprint density at radius 3 is 2.88 bits per heavy atom. The molecule has 0 spiro atoms. The number of nitrogens with one attached hydrogen (secondary N) is 1. The van der Waals surface area contributed by atoms with Crippen molar-refractivity contribution in [2.24, 2.45) is 5.92 Å². The summed E-state index contributed by atoms with van der Waals surface area (Å²) in [7, 11) is 0. The number of hydrogen-bond donors (Lipinski definition) is 1. The van der Waals surface area contributed by atoms with E-state index in [1.54, 1.807) is 18.5 Å². The second-order valence-electron chi connectivity index (χ2n) is 6.52. The molecule has 1 unspecified atom stereocenters. The molecule has 138 valence electrons. The van der Waals surface area contributed by atoms with E-state index < -0.39 is 0 Å². The summed E-state index contributed by atoms with van der Waals surface area (Å²) in [4.78, 5) is 23.5. The standard InChI is InChI=1S/C20H26N4O2/c1-2-3-14-26-18-10-5-4-9-17(18)23-19(25)16-8-6-13-24(15-16)20-21-11-7-12-22-20/h4-5,7,9-12,16H,2-3,6,8,13-15H2,1H3,(H,23,25). The van der Waals surface area contributed by atoms with E-state index in [4.69, 9.17) is 4.74 Å². The lowest BCUT2D eigenvalue weighted by Crippen LogP contribution is -2.41. The Morgan fingerprint density at radius 2 is 2.08 bits per heavy atom. The molecular formula is C20H26N4O2. The number of hydrogen-bond acceptors (Lipinski definition) is 5. The van der Waals surface area contributed by atoms with E-state index in [0.29, 0.717) is 19.1 Å². The summed E-state index contributed by atoms with van der Waals surface area (Å²) < 4.78 is 5.81. The van der Waals surface area contributed by atoms with Crippen LogP contribution in [0.1, 0.15) is 32.6 Å². The lowest BCUT2D eigenvalue weighted by molar-refractivity contribution is -0.120. The number of aromatic nitrogens is 2. The van der Waals surface area contributed by atoms with Gasteiger partial charge in [0.25, 0.3) is 0 Å². The summed E-state index contributed by atoms with van der Waals surface area (Å²) in [5, 5.41) is 3.05. The summed E-state index contributed by atoms with van der Waals surface area (Å²) in [5.41, 5.74) is 0.738. The molecule has 1 N–H and O–H groups in total.